The van der Waals surface area contributed by atoms with Crippen LogP contribution in [0.15, 0.2) is 34.1 Å². The predicted molar refractivity (Wildman–Crippen MR) is 82.4 cm³/mol. The number of thioether (sulfide) groups is 2. The molecule has 0 radical (unpaired) electrons. The number of hydrogen-bond donors (Lipinski definition) is 1. The van der Waals surface area contributed by atoms with E-state index in [0.29, 0.717) is 5.69 Å². The molecule has 19 heavy (non-hydrogen) atoms. The van der Waals surface area contributed by atoms with Gasteiger partial charge in [-0.15, -0.1) is 23.5 Å². The van der Waals surface area contributed by atoms with Gasteiger partial charge in [-0.2, -0.15) is 0 Å². The summed E-state index contributed by atoms with van der Waals surface area (Å²) < 4.78 is 0.845. The minimum atomic E-state index is -0.312. The predicted octanol–water partition coefficient (Wildman–Crippen LogP) is 3.21. The third kappa shape index (κ3) is 3.64. The first kappa shape index (κ1) is 14.2. The zero-order valence-corrected chi connectivity index (χ0v) is 12.5. The fourth-order valence-corrected chi connectivity index (χ4v) is 4.31. The van der Waals surface area contributed by atoms with Crippen LogP contribution in [0.5, 0.6) is 0 Å². The van der Waals surface area contributed by atoms with E-state index in [9.17, 15) is 9.59 Å². The Bertz CT molecular complexity index is 527. The monoisotopic (exact) mass is 293 g/mol. The van der Waals surface area contributed by atoms with Gasteiger partial charge in [0.05, 0.1) is 4.24 Å². The summed E-state index contributed by atoms with van der Waals surface area (Å²) in [7, 11) is 0. The van der Waals surface area contributed by atoms with E-state index < -0.39 is 0 Å². The van der Waals surface area contributed by atoms with E-state index in [1.165, 1.54) is 6.92 Å². The largest absolute Gasteiger partial charge is 0.322 e. The van der Waals surface area contributed by atoms with E-state index in [1.54, 1.807) is 23.5 Å². The van der Waals surface area contributed by atoms with Gasteiger partial charge in [-0.3, -0.25) is 9.59 Å². The molecular weight excluding hydrogens is 278 g/mol. The molecule has 1 aliphatic rings. The maximum atomic E-state index is 12.2. The minimum absolute atomic E-state index is 0.179. The van der Waals surface area contributed by atoms with Gasteiger partial charge in [-0.1, -0.05) is 17.7 Å². The smallest absolute Gasteiger partial charge is 0.260 e. The van der Waals surface area contributed by atoms with Gasteiger partial charge < -0.3 is 5.32 Å². The third-order valence-corrected chi connectivity index (χ3v) is 5.36. The lowest BCUT2D eigenvalue weighted by atomic mass is 10.2. The Morgan fingerprint density at radius 3 is 2.21 bits per heavy atom. The molecule has 1 aromatic carbocycles. The normalized spacial score (nSPS) is 14.3. The van der Waals surface area contributed by atoms with E-state index >= 15 is 0 Å². The molecule has 1 aliphatic heterocycles. The molecule has 3 nitrogen and oxygen atoms in total. The Balaban J connectivity index is 2.19. The number of rotatable bonds is 3. The molecule has 0 bridgehead atoms. The second kappa shape index (κ2) is 6.30. The van der Waals surface area contributed by atoms with Crippen molar-refractivity contribution in [2.24, 2.45) is 0 Å². The molecule has 100 valence electrons. The van der Waals surface area contributed by atoms with Gasteiger partial charge >= 0.3 is 0 Å². The van der Waals surface area contributed by atoms with Crippen molar-refractivity contribution < 1.29 is 9.59 Å². The maximum Gasteiger partial charge on any atom is 0.260 e. The number of aryl methyl sites for hydroxylation is 1. The molecule has 0 spiro atoms. The van der Waals surface area contributed by atoms with Crippen LogP contribution in [0.3, 0.4) is 0 Å². The number of amides is 1. The Hall–Kier alpha value is -1.20. The number of carbonyl (C=O) groups is 2. The molecule has 1 amide bonds. The Morgan fingerprint density at radius 1 is 1.11 bits per heavy atom. The summed E-state index contributed by atoms with van der Waals surface area (Å²) in [5, 5.41) is 2.78. The summed E-state index contributed by atoms with van der Waals surface area (Å²) >= 11 is 3.16. The van der Waals surface area contributed by atoms with Crippen molar-refractivity contribution in [2.45, 2.75) is 13.8 Å². The Labute approximate surface area is 121 Å². The van der Waals surface area contributed by atoms with Crippen LogP contribution < -0.4 is 5.32 Å². The Kier molecular flexibility index (Phi) is 4.71. The molecule has 5 heteroatoms. The average molecular weight is 293 g/mol. The molecule has 1 N–H and O–H groups in total. The zero-order valence-electron chi connectivity index (χ0n) is 10.9. The lowest BCUT2D eigenvalue weighted by Gasteiger charge is -2.09. The number of carbonyl (C=O) groups excluding carboxylic acids is 2. The number of benzene rings is 1. The van der Waals surface area contributed by atoms with Crippen LogP contribution in [0.4, 0.5) is 5.69 Å². The average Bonchev–Trinajstić information content (AvgIpc) is 2.85. The first-order chi connectivity index (χ1) is 9.08. The fourth-order valence-electron chi connectivity index (χ4n) is 1.68. The first-order valence-corrected chi connectivity index (χ1v) is 7.94. The van der Waals surface area contributed by atoms with Crippen LogP contribution in [-0.4, -0.2) is 23.2 Å². The Morgan fingerprint density at radius 2 is 1.68 bits per heavy atom. The topological polar surface area (TPSA) is 46.2 Å². The number of ketones is 1. The van der Waals surface area contributed by atoms with Crippen molar-refractivity contribution in [1.82, 2.24) is 0 Å². The number of Topliss-reactive ketones (excluding diaryl/α,β-unsaturated/α-hetero) is 1. The fraction of sp³-hybridized carbons (Fsp3) is 0.286. The van der Waals surface area contributed by atoms with E-state index in [1.807, 2.05) is 31.2 Å². The van der Waals surface area contributed by atoms with Crippen molar-refractivity contribution in [3.05, 3.63) is 39.6 Å². The minimum Gasteiger partial charge on any atom is -0.322 e. The van der Waals surface area contributed by atoms with Gasteiger partial charge in [0.25, 0.3) is 5.91 Å². The third-order valence-electron chi connectivity index (χ3n) is 2.64. The molecular formula is C14H15NO2S2. The second-order valence-corrected chi connectivity index (χ2v) is 6.70. The molecule has 2 rings (SSSR count). The van der Waals surface area contributed by atoms with E-state index in [2.05, 4.69) is 5.32 Å². The molecule has 0 aliphatic carbocycles. The molecule has 1 saturated heterocycles. The van der Waals surface area contributed by atoms with Crippen LogP contribution in [0.1, 0.15) is 12.5 Å². The summed E-state index contributed by atoms with van der Waals surface area (Å²) in [4.78, 5) is 23.9. The summed E-state index contributed by atoms with van der Waals surface area (Å²) in [6.45, 7) is 3.43. The van der Waals surface area contributed by atoms with Crippen LogP contribution in [0, 0.1) is 6.92 Å². The molecule has 1 aromatic rings. The highest BCUT2D eigenvalue weighted by Gasteiger charge is 2.23. The molecule has 1 fully saturated rings. The number of nitrogens with one attached hydrogen (secondary N) is 1. The van der Waals surface area contributed by atoms with Crippen LogP contribution in [0.2, 0.25) is 0 Å². The molecule has 0 saturated carbocycles. The highest BCUT2D eigenvalue weighted by atomic mass is 32.2. The second-order valence-electron chi connectivity index (χ2n) is 4.24. The van der Waals surface area contributed by atoms with Gasteiger partial charge in [-0.25, -0.2) is 0 Å². The standard InChI is InChI=1S/C14H15NO2S2/c1-9-3-5-11(6-4-9)15-13(17)12(10(2)16)14-18-7-8-19-14/h3-6H,7-8H2,1-2H3,(H,15,17). The van der Waals surface area contributed by atoms with Crippen molar-refractivity contribution in [3.8, 4) is 0 Å². The van der Waals surface area contributed by atoms with Gasteiger partial charge in [0.15, 0.2) is 5.78 Å². The zero-order chi connectivity index (χ0) is 13.8. The molecule has 0 unspecified atom stereocenters. The molecule has 0 aromatic heterocycles. The van der Waals surface area contributed by atoms with Crippen molar-refractivity contribution in [2.75, 3.05) is 16.8 Å². The van der Waals surface area contributed by atoms with Crippen LogP contribution >= 0.6 is 23.5 Å². The quantitative estimate of drug-likeness (QED) is 0.528. The molecule has 1 heterocycles. The van der Waals surface area contributed by atoms with Gasteiger partial charge in [0.1, 0.15) is 5.57 Å². The molecule has 0 atom stereocenters. The van der Waals surface area contributed by atoms with E-state index in [0.717, 1.165) is 21.3 Å². The highest BCUT2D eigenvalue weighted by molar-refractivity contribution is 8.25. The number of anilines is 1. The first-order valence-electron chi connectivity index (χ1n) is 5.97. The number of hydrogen-bond acceptors (Lipinski definition) is 4. The van der Waals surface area contributed by atoms with Gasteiger partial charge in [0, 0.05) is 17.2 Å². The van der Waals surface area contributed by atoms with Gasteiger partial charge in [0.2, 0.25) is 0 Å². The van der Waals surface area contributed by atoms with Crippen molar-refractivity contribution in [1.29, 1.82) is 0 Å². The highest BCUT2D eigenvalue weighted by Crippen LogP contribution is 2.39. The summed E-state index contributed by atoms with van der Waals surface area (Å²) in [5.74, 6) is 1.41. The van der Waals surface area contributed by atoms with Crippen molar-refractivity contribution in [3.63, 3.8) is 0 Å². The van der Waals surface area contributed by atoms with Crippen molar-refractivity contribution >= 4 is 40.9 Å². The lowest BCUT2D eigenvalue weighted by Crippen LogP contribution is -2.19. The van der Waals surface area contributed by atoms with E-state index in [-0.39, 0.29) is 17.3 Å². The van der Waals surface area contributed by atoms with E-state index in [4.69, 9.17) is 0 Å². The summed E-state index contributed by atoms with van der Waals surface area (Å²) in [6, 6.07) is 7.53. The van der Waals surface area contributed by atoms with Crippen LogP contribution in [-0.2, 0) is 9.59 Å². The maximum absolute atomic E-state index is 12.2. The van der Waals surface area contributed by atoms with Gasteiger partial charge in [-0.05, 0) is 26.0 Å². The SMILES string of the molecule is CC(=O)C(C(=O)Nc1ccc(C)cc1)=C1SCCS1. The lowest BCUT2D eigenvalue weighted by molar-refractivity contribution is -0.118. The van der Waals surface area contributed by atoms with Crippen LogP contribution in [0.25, 0.3) is 0 Å². The summed E-state index contributed by atoms with van der Waals surface area (Å²) in [5.41, 5.74) is 2.13. The summed E-state index contributed by atoms with van der Waals surface area (Å²) in [6.07, 6.45) is 0.